The number of rotatable bonds is 3. The van der Waals surface area contributed by atoms with Crippen LogP contribution in [0.1, 0.15) is 74.4 Å². The van der Waals surface area contributed by atoms with Crippen LogP contribution in [0.5, 0.6) is 5.75 Å². The maximum atomic E-state index is 14.5. The summed E-state index contributed by atoms with van der Waals surface area (Å²) in [5.74, 6) is 0.371. The highest BCUT2D eigenvalue weighted by Gasteiger charge is 2.42. The van der Waals surface area contributed by atoms with E-state index < -0.39 is 21.9 Å². The Balaban J connectivity index is 1.43. The molecule has 1 saturated heterocycles. The third-order valence-electron chi connectivity index (χ3n) is 10.8. The maximum absolute atomic E-state index is 14.5. The molecule has 2 bridgehead atoms. The molecule has 0 saturated carbocycles. The zero-order valence-corrected chi connectivity index (χ0v) is 31.3. The molecule has 3 heterocycles. The van der Waals surface area contributed by atoms with E-state index in [-0.39, 0.29) is 41.8 Å². The lowest BCUT2D eigenvalue weighted by Gasteiger charge is -2.42. The highest BCUT2D eigenvalue weighted by molar-refractivity contribution is 7.92. The summed E-state index contributed by atoms with van der Waals surface area (Å²) in [7, 11) is -1.75. The molecule has 6 atom stereocenters. The number of aryl methyl sites for hydroxylation is 1. The van der Waals surface area contributed by atoms with Gasteiger partial charge >= 0.3 is 6.03 Å². The van der Waals surface area contributed by atoms with E-state index in [2.05, 4.69) is 52.1 Å². The van der Waals surface area contributed by atoms with Crippen molar-refractivity contribution in [3.8, 4) is 5.75 Å². The van der Waals surface area contributed by atoms with Gasteiger partial charge in [-0.3, -0.25) is 4.79 Å². The number of urea groups is 1. The van der Waals surface area contributed by atoms with Crippen molar-refractivity contribution in [1.29, 1.82) is 0 Å². The Bertz CT molecular complexity index is 1720. The lowest BCUT2D eigenvalue weighted by molar-refractivity contribution is 0.0102. The Hall–Kier alpha value is -3.12. The van der Waals surface area contributed by atoms with E-state index in [0.717, 1.165) is 36.4 Å². The van der Waals surface area contributed by atoms with Gasteiger partial charge in [-0.05, 0) is 91.3 Å². The Morgan fingerprint density at radius 1 is 1.20 bits per heavy atom. The number of allylic oxidation sites excluding steroid dienone is 1. The molecule has 12 heteroatoms. The molecule has 6 rings (SSSR count). The van der Waals surface area contributed by atoms with Gasteiger partial charge in [-0.15, -0.1) is 4.36 Å². The normalized spacial score (nSPS) is 31.2. The third kappa shape index (κ3) is 8.01. The van der Waals surface area contributed by atoms with Crippen molar-refractivity contribution >= 4 is 39.1 Å². The van der Waals surface area contributed by atoms with Gasteiger partial charge in [0.1, 0.15) is 22.4 Å². The van der Waals surface area contributed by atoms with Crippen LogP contribution in [0.3, 0.4) is 0 Å². The number of anilines is 1. The van der Waals surface area contributed by atoms with Gasteiger partial charge in [0.15, 0.2) is 0 Å². The highest BCUT2D eigenvalue weighted by atomic mass is 35.5. The second kappa shape index (κ2) is 15.6. The molecule has 3 aliphatic heterocycles. The van der Waals surface area contributed by atoms with Gasteiger partial charge in [0.05, 0.1) is 30.8 Å². The van der Waals surface area contributed by atoms with Crippen LogP contribution in [0, 0.1) is 17.8 Å². The van der Waals surface area contributed by atoms with E-state index in [0.29, 0.717) is 57.0 Å². The summed E-state index contributed by atoms with van der Waals surface area (Å²) < 4.78 is 39.6. The van der Waals surface area contributed by atoms with Gasteiger partial charge < -0.3 is 24.0 Å². The first-order chi connectivity index (χ1) is 24.0. The number of methoxy groups -OCH3 is 1. The summed E-state index contributed by atoms with van der Waals surface area (Å²) in [6, 6.07) is 11.0. The minimum Gasteiger partial charge on any atom is -0.490 e. The summed E-state index contributed by atoms with van der Waals surface area (Å²) in [5.41, 5.74) is 3.34. The molecule has 4 aliphatic rings. The number of nitrogens with one attached hydrogen (secondary N) is 1. The smallest absolute Gasteiger partial charge is 0.331 e. The number of hydrogen-bond donors (Lipinski definition) is 1. The van der Waals surface area contributed by atoms with Gasteiger partial charge in [-0.2, -0.15) is 0 Å². The second-order valence-electron chi connectivity index (χ2n) is 14.6. The van der Waals surface area contributed by atoms with Crippen LogP contribution in [0.2, 0.25) is 5.02 Å². The maximum Gasteiger partial charge on any atom is 0.331 e. The molecule has 10 nitrogen and oxygen atoms in total. The number of carbonyl (C=O) groups excluding carboxylic acids is 2. The molecule has 1 N–H and O–H groups in total. The standard InChI is InChI=1S/C38H51ClN4O6S/c1-5-31-27(3)21-43-23-38(16-7-10-28-19-30(39)13-14-32(28)38)24-49-35-15-12-29(20-33(35)43)36(44)40-50(46,22-26(2)9-6-11-34(31)47-4)41-37(45)42-17-8-18-48-25-42/h6,11-15,19-20,26-27,31,34H,5,7-10,16-18,21-25H2,1-4H3,(H,40,41,44,45,46)/b11-6+/t26-,27-,31+,34-,38-,50?/m0/s1. The van der Waals surface area contributed by atoms with Crippen LogP contribution < -0.4 is 14.4 Å². The van der Waals surface area contributed by atoms with Gasteiger partial charge in [0, 0.05) is 42.7 Å². The van der Waals surface area contributed by atoms with Gasteiger partial charge in [0.25, 0.3) is 5.91 Å². The fourth-order valence-electron chi connectivity index (χ4n) is 8.23. The van der Waals surface area contributed by atoms with Crippen LogP contribution in [0.25, 0.3) is 0 Å². The largest absolute Gasteiger partial charge is 0.490 e. The summed E-state index contributed by atoms with van der Waals surface area (Å²) >= 11 is 6.46. The topological polar surface area (TPSA) is 110 Å². The molecule has 0 radical (unpaired) electrons. The van der Waals surface area contributed by atoms with Gasteiger partial charge in [0.2, 0.25) is 0 Å². The lowest BCUT2D eigenvalue weighted by Crippen LogP contribution is -2.47. The number of ether oxygens (including phenoxy) is 3. The Kier molecular flexibility index (Phi) is 11.5. The van der Waals surface area contributed by atoms with E-state index in [9.17, 15) is 13.8 Å². The second-order valence-corrected chi connectivity index (χ2v) is 17.0. The quantitative estimate of drug-likeness (QED) is 0.340. The number of benzene rings is 2. The summed E-state index contributed by atoms with van der Waals surface area (Å²) in [6.07, 6.45) is 9.20. The molecule has 2 aromatic carbocycles. The molecule has 50 heavy (non-hydrogen) atoms. The van der Waals surface area contributed by atoms with Crippen LogP contribution in [-0.2, 0) is 31.2 Å². The molecule has 1 unspecified atom stereocenters. The first kappa shape index (κ1) is 36.7. The van der Waals surface area contributed by atoms with Crippen LogP contribution in [-0.4, -0.2) is 79.6 Å². The molecule has 1 aliphatic carbocycles. The van der Waals surface area contributed by atoms with Crippen molar-refractivity contribution in [2.45, 2.75) is 70.8 Å². The fraction of sp³-hybridized carbons (Fsp3) is 0.579. The van der Waals surface area contributed by atoms with Crippen LogP contribution >= 0.6 is 11.6 Å². The van der Waals surface area contributed by atoms with Crippen molar-refractivity contribution < 1.29 is 28.0 Å². The number of nitrogens with zero attached hydrogens (tertiary/aromatic N) is 3. The number of hydrogen-bond acceptors (Lipinski definition) is 7. The van der Waals surface area contributed by atoms with Gasteiger partial charge in [-0.25, -0.2) is 13.7 Å². The molecule has 272 valence electrons. The van der Waals surface area contributed by atoms with Crippen LogP contribution in [0.4, 0.5) is 10.5 Å². The van der Waals surface area contributed by atoms with Crippen molar-refractivity contribution in [3.63, 3.8) is 0 Å². The lowest BCUT2D eigenvalue weighted by atomic mass is 9.70. The minimum atomic E-state index is -3.50. The Morgan fingerprint density at radius 3 is 2.80 bits per heavy atom. The minimum absolute atomic E-state index is 0.0148. The molecule has 3 amide bonds. The van der Waals surface area contributed by atoms with E-state index in [1.807, 2.05) is 25.1 Å². The van der Waals surface area contributed by atoms with Crippen molar-refractivity contribution in [1.82, 2.24) is 9.62 Å². The van der Waals surface area contributed by atoms with Crippen LogP contribution in [0.15, 0.2) is 52.9 Å². The molecule has 0 aromatic heterocycles. The summed E-state index contributed by atoms with van der Waals surface area (Å²) in [4.78, 5) is 31.0. The molecule has 1 spiro atoms. The third-order valence-corrected chi connectivity index (χ3v) is 13.0. The Morgan fingerprint density at radius 2 is 2.04 bits per heavy atom. The Labute approximate surface area is 302 Å². The SMILES string of the molecule is CC[C@H]1[C@@H](OC)/C=C/C[C@H](C)CS(=O)(NC(=O)N2CCCOC2)=NC(=O)c2ccc3c(c2)N(C[C@@H]1C)C[C@@]1(CCCc2cc(Cl)ccc21)CO3. The molecule has 2 aromatic rings. The predicted octanol–water partition coefficient (Wildman–Crippen LogP) is 7.00. The molecule has 1 fully saturated rings. The molecular formula is C38H51ClN4O6S. The first-order valence-electron chi connectivity index (χ1n) is 18.0. The number of amides is 3. The zero-order chi connectivity index (χ0) is 35.5. The average Bonchev–Trinajstić information content (AvgIpc) is 3.24. The van der Waals surface area contributed by atoms with Crippen molar-refractivity contribution in [2.24, 2.45) is 22.1 Å². The van der Waals surface area contributed by atoms with Crippen molar-refractivity contribution in [2.75, 3.05) is 57.3 Å². The van der Waals surface area contributed by atoms with Crippen molar-refractivity contribution in [3.05, 3.63) is 70.3 Å². The monoisotopic (exact) mass is 726 g/mol. The summed E-state index contributed by atoms with van der Waals surface area (Å²) in [6.45, 7) is 9.47. The fourth-order valence-corrected chi connectivity index (χ4v) is 10.3. The number of carbonyl (C=O) groups is 2. The zero-order valence-electron chi connectivity index (χ0n) is 29.7. The highest BCUT2D eigenvalue weighted by Crippen LogP contribution is 2.45. The predicted molar refractivity (Wildman–Crippen MR) is 197 cm³/mol. The van der Waals surface area contributed by atoms with E-state index in [4.69, 9.17) is 25.8 Å². The number of halogens is 1. The van der Waals surface area contributed by atoms with E-state index in [1.54, 1.807) is 13.2 Å². The first-order valence-corrected chi connectivity index (χ1v) is 20.0. The molecular weight excluding hydrogens is 676 g/mol. The van der Waals surface area contributed by atoms with E-state index >= 15 is 0 Å². The average molecular weight is 727 g/mol. The summed E-state index contributed by atoms with van der Waals surface area (Å²) in [5, 5.41) is 0.736. The van der Waals surface area contributed by atoms with Gasteiger partial charge in [-0.1, -0.05) is 57.0 Å². The number of fused-ring (bicyclic) bond motifs is 3. The van der Waals surface area contributed by atoms with E-state index in [1.165, 1.54) is 16.0 Å².